The van der Waals surface area contributed by atoms with Gasteiger partial charge in [0.1, 0.15) is 5.78 Å². The van der Waals surface area contributed by atoms with Gasteiger partial charge in [0.25, 0.3) is 0 Å². The van der Waals surface area contributed by atoms with Gasteiger partial charge in [-0.2, -0.15) is 0 Å². The van der Waals surface area contributed by atoms with E-state index in [0.717, 1.165) is 13.0 Å². The monoisotopic (exact) mass is 261 g/mol. The van der Waals surface area contributed by atoms with Crippen LogP contribution in [0.25, 0.3) is 0 Å². The summed E-state index contributed by atoms with van der Waals surface area (Å²) in [6.45, 7) is 7.43. The summed E-state index contributed by atoms with van der Waals surface area (Å²) >= 11 is 0. The van der Waals surface area contributed by atoms with Crippen molar-refractivity contribution in [1.82, 2.24) is 4.90 Å². The molecule has 3 heteroatoms. The molecule has 1 unspecified atom stereocenters. The molecule has 1 fully saturated rings. The summed E-state index contributed by atoms with van der Waals surface area (Å²) < 4.78 is 5.96. The van der Waals surface area contributed by atoms with Crippen LogP contribution < -0.4 is 0 Å². The third kappa shape index (κ3) is 3.64. The minimum absolute atomic E-state index is 0.0285. The SMILES string of the molecule is CC(=O)[C@@H]1CC(OCc2ccccc2)CN1C(C)C. The topological polar surface area (TPSA) is 29.5 Å². The van der Waals surface area contributed by atoms with E-state index in [4.69, 9.17) is 4.74 Å². The zero-order chi connectivity index (χ0) is 13.8. The molecule has 104 valence electrons. The van der Waals surface area contributed by atoms with Crippen LogP contribution in [-0.2, 0) is 16.1 Å². The largest absolute Gasteiger partial charge is 0.372 e. The molecule has 1 aliphatic heterocycles. The van der Waals surface area contributed by atoms with Crippen LogP contribution in [0.2, 0.25) is 0 Å². The third-order valence-electron chi connectivity index (χ3n) is 3.76. The average molecular weight is 261 g/mol. The number of rotatable bonds is 5. The molecule has 2 atom stereocenters. The Hall–Kier alpha value is -1.19. The van der Waals surface area contributed by atoms with E-state index < -0.39 is 0 Å². The first-order valence-electron chi connectivity index (χ1n) is 6.99. The molecule has 1 aromatic rings. The van der Waals surface area contributed by atoms with E-state index in [0.29, 0.717) is 12.6 Å². The maximum atomic E-state index is 11.7. The van der Waals surface area contributed by atoms with Gasteiger partial charge >= 0.3 is 0 Å². The molecule has 0 radical (unpaired) electrons. The Kier molecular flexibility index (Phi) is 4.72. The Morgan fingerprint density at radius 2 is 2.05 bits per heavy atom. The van der Waals surface area contributed by atoms with Crippen molar-refractivity contribution >= 4 is 5.78 Å². The zero-order valence-electron chi connectivity index (χ0n) is 12.0. The number of ketones is 1. The van der Waals surface area contributed by atoms with Crippen molar-refractivity contribution in [2.75, 3.05) is 6.54 Å². The molecule has 1 aliphatic rings. The number of Topliss-reactive ketones (excluding diaryl/α,β-unsaturated/α-hetero) is 1. The second kappa shape index (κ2) is 6.31. The number of carbonyl (C=O) groups is 1. The highest BCUT2D eigenvalue weighted by molar-refractivity contribution is 5.81. The summed E-state index contributed by atoms with van der Waals surface area (Å²) in [4.78, 5) is 13.9. The molecule has 1 saturated heterocycles. The summed E-state index contributed by atoms with van der Waals surface area (Å²) in [6, 6.07) is 10.6. The fourth-order valence-corrected chi connectivity index (χ4v) is 2.70. The number of likely N-dealkylation sites (tertiary alicyclic amines) is 1. The predicted molar refractivity (Wildman–Crippen MR) is 75.9 cm³/mol. The Morgan fingerprint density at radius 1 is 1.37 bits per heavy atom. The lowest BCUT2D eigenvalue weighted by Crippen LogP contribution is -2.39. The molecule has 3 nitrogen and oxygen atoms in total. The van der Waals surface area contributed by atoms with Gasteiger partial charge in [-0.1, -0.05) is 30.3 Å². The maximum Gasteiger partial charge on any atom is 0.147 e. The minimum atomic E-state index is 0.0285. The van der Waals surface area contributed by atoms with Crippen molar-refractivity contribution in [3.05, 3.63) is 35.9 Å². The van der Waals surface area contributed by atoms with E-state index in [-0.39, 0.29) is 17.9 Å². The van der Waals surface area contributed by atoms with Crippen molar-refractivity contribution < 1.29 is 9.53 Å². The summed E-state index contributed by atoms with van der Waals surface area (Å²) in [7, 11) is 0. The summed E-state index contributed by atoms with van der Waals surface area (Å²) in [6.07, 6.45) is 0.983. The Bertz CT molecular complexity index is 416. The number of ether oxygens (including phenoxy) is 1. The quantitative estimate of drug-likeness (QED) is 0.816. The van der Waals surface area contributed by atoms with Gasteiger partial charge in [-0.15, -0.1) is 0 Å². The molecular formula is C16H23NO2. The lowest BCUT2D eigenvalue weighted by molar-refractivity contribution is -0.121. The van der Waals surface area contributed by atoms with E-state index in [1.54, 1.807) is 6.92 Å². The number of nitrogens with zero attached hydrogens (tertiary/aromatic N) is 1. The number of benzene rings is 1. The van der Waals surface area contributed by atoms with Crippen LogP contribution in [-0.4, -0.2) is 35.4 Å². The van der Waals surface area contributed by atoms with Gasteiger partial charge in [-0.25, -0.2) is 0 Å². The van der Waals surface area contributed by atoms with Crippen molar-refractivity contribution in [2.45, 2.75) is 52.0 Å². The molecule has 1 aromatic carbocycles. The first-order valence-corrected chi connectivity index (χ1v) is 6.99. The van der Waals surface area contributed by atoms with Gasteiger partial charge in [-0.3, -0.25) is 9.69 Å². The number of hydrogen-bond acceptors (Lipinski definition) is 3. The predicted octanol–water partition coefficient (Wildman–Crippen LogP) is 2.64. The summed E-state index contributed by atoms with van der Waals surface area (Å²) in [5, 5.41) is 0. The molecule has 2 rings (SSSR count). The molecule has 0 saturated carbocycles. The first-order chi connectivity index (χ1) is 9.08. The van der Waals surface area contributed by atoms with Gasteiger partial charge in [0.2, 0.25) is 0 Å². The zero-order valence-corrected chi connectivity index (χ0v) is 12.0. The average Bonchev–Trinajstić information content (AvgIpc) is 2.82. The van der Waals surface area contributed by atoms with Gasteiger partial charge in [0, 0.05) is 12.6 Å². The van der Waals surface area contributed by atoms with Crippen LogP contribution in [0.3, 0.4) is 0 Å². The normalized spacial score (nSPS) is 24.0. The van der Waals surface area contributed by atoms with Gasteiger partial charge in [0.15, 0.2) is 0 Å². The van der Waals surface area contributed by atoms with Gasteiger partial charge in [0.05, 0.1) is 18.8 Å². The molecule has 0 N–H and O–H groups in total. The van der Waals surface area contributed by atoms with E-state index in [1.165, 1.54) is 5.56 Å². The number of carbonyl (C=O) groups excluding carboxylic acids is 1. The van der Waals surface area contributed by atoms with Crippen molar-refractivity contribution in [2.24, 2.45) is 0 Å². The minimum Gasteiger partial charge on any atom is -0.372 e. The highest BCUT2D eigenvalue weighted by Gasteiger charge is 2.36. The Balaban J connectivity index is 1.91. The standard InChI is InChI=1S/C16H23NO2/c1-12(2)17-10-15(9-16(17)13(3)18)19-11-14-7-5-4-6-8-14/h4-8,12,15-16H,9-11H2,1-3H3/t15?,16-/m0/s1. The molecule has 0 bridgehead atoms. The second-order valence-corrected chi connectivity index (χ2v) is 5.57. The second-order valence-electron chi connectivity index (χ2n) is 5.57. The van der Waals surface area contributed by atoms with Crippen LogP contribution in [0.5, 0.6) is 0 Å². The van der Waals surface area contributed by atoms with E-state index in [9.17, 15) is 4.79 Å². The van der Waals surface area contributed by atoms with Crippen LogP contribution in [0.1, 0.15) is 32.8 Å². The van der Waals surface area contributed by atoms with Gasteiger partial charge < -0.3 is 4.74 Å². The lowest BCUT2D eigenvalue weighted by atomic mass is 10.1. The van der Waals surface area contributed by atoms with Crippen molar-refractivity contribution in [1.29, 1.82) is 0 Å². The molecule has 0 aliphatic carbocycles. The Morgan fingerprint density at radius 3 is 2.58 bits per heavy atom. The molecule has 1 heterocycles. The van der Waals surface area contributed by atoms with Crippen LogP contribution >= 0.6 is 0 Å². The van der Waals surface area contributed by atoms with E-state index in [1.807, 2.05) is 18.2 Å². The first kappa shape index (κ1) is 14.2. The van der Waals surface area contributed by atoms with Gasteiger partial charge in [-0.05, 0) is 32.8 Å². The highest BCUT2D eigenvalue weighted by atomic mass is 16.5. The van der Waals surface area contributed by atoms with Crippen molar-refractivity contribution in [3.63, 3.8) is 0 Å². The number of hydrogen-bond donors (Lipinski definition) is 0. The van der Waals surface area contributed by atoms with Crippen LogP contribution in [0.4, 0.5) is 0 Å². The van der Waals surface area contributed by atoms with Crippen LogP contribution in [0, 0.1) is 0 Å². The lowest BCUT2D eigenvalue weighted by Gasteiger charge is -2.25. The Labute approximate surface area is 115 Å². The molecule has 19 heavy (non-hydrogen) atoms. The summed E-state index contributed by atoms with van der Waals surface area (Å²) in [5.41, 5.74) is 1.19. The maximum absolute atomic E-state index is 11.7. The van der Waals surface area contributed by atoms with E-state index >= 15 is 0 Å². The molecule has 0 spiro atoms. The highest BCUT2D eigenvalue weighted by Crippen LogP contribution is 2.24. The summed E-state index contributed by atoms with van der Waals surface area (Å²) in [5.74, 6) is 0.250. The van der Waals surface area contributed by atoms with Crippen molar-refractivity contribution in [3.8, 4) is 0 Å². The van der Waals surface area contributed by atoms with E-state index in [2.05, 4.69) is 30.9 Å². The molecule has 0 amide bonds. The molecule has 0 aromatic heterocycles. The molecular weight excluding hydrogens is 238 g/mol. The van der Waals surface area contributed by atoms with Crippen LogP contribution in [0.15, 0.2) is 30.3 Å². The fraction of sp³-hybridized carbons (Fsp3) is 0.562. The fourth-order valence-electron chi connectivity index (χ4n) is 2.70. The third-order valence-corrected chi connectivity index (χ3v) is 3.76. The smallest absolute Gasteiger partial charge is 0.147 e.